The summed E-state index contributed by atoms with van der Waals surface area (Å²) >= 11 is 12.3. The van der Waals surface area contributed by atoms with Gasteiger partial charge in [0.25, 0.3) is 5.91 Å². The predicted octanol–water partition coefficient (Wildman–Crippen LogP) is 5.20. The molecule has 1 aliphatic rings. The van der Waals surface area contributed by atoms with E-state index in [9.17, 15) is 9.59 Å². The summed E-state index contributed by atoms with van der Waals surface area (Å²) in [4.78, 5) is 25.2. The first kappa shape index (κ1) is 20.4. The number of rotatable bonds is 7. The van der Waals surface area contributed by atoms with E-state index in [1.54, 1.807) is 30.3 Å². The third-order valence-electron chi connectivity index (χ3n) is 3.85. The Balaban J connectivity index is 1.71. The summed E-state index contributed by atoms with van der Waals surface area (Å²) in [7, 11) is 0. The van der Waals surface area contributed by atoms with Crippen molar-refractivity contribution in [2.45, 2.75) is 12.8 Å². The molecule has 0 aliphatic carbocycles. The monoisotopic (exact) mass is 433 g/mol. The summed E-state index contributed by atoms with van der Waals surface area (Å²) < 4.78 is 6.25. The Bertz CT molecular complexity index is 943. The predicted molar refractivity (Wildman–Crippen MR) is 115 cm³/mol. The minimum Gasteiger partial charge on any atom is -0.481 e. The fourth-order valence-corrected chi connectivity index (χ4v) is 3.97. The highest BCUT2D eigenvalue weighted by atomic mass is 35.5. The number of thioether (sulfide) groups is 1. The highest BCUT2D eigenvalue weighted by Crippen LogP contribution is 2.33. The number of thiocarbonyl (C=S) groups is 1. The third kappa shape index (κ3) is 5.34. The van der Waals surface area contributed by atoms with Gasteiger partial charge in [-0.2, -0.15) is 0 Å². The molecule has 3 rings (SSSR count). The second kappa shape index (κ2) is 9.23. The zero-order valence-corrected chi connectivity index (χ0v) is 17.0. The van der Waals surface area contributed by atoms with Crippen molar-refractivity contribution in [3.63, 3.8) is 0 Å². The molecule has 28 heavy (non-hydrogen) atoms. The average molecular weight is 434 g/mol. The molecule has 8 heteroatoms. The quantitative estimate of drug-likeness (QED) is 0.478. The number of aliphatic carboxylic acids is 1. The third-order valence-corrected chi connectivity index (χ3v) is 5.48. The first-order valence-electron chi connectivity index (χ1n) is 8.43. The first-order valence-corrected chi connectivity index (χ1v) is 10.0. The molecule has 0 atom stereocenters. The van der Waals surface area contributed by atoms with Crippen LogP contribution in [0.25, 0.3) is 6.08 Å². The standard InChI is InChI=1S/C20H16ClNO4S2/c21-14-6-8-15(9-7-14)26-16-4-1-3-13(11-16)12-17-19(25)22(20(27)28-17)10-2-5-18(23)24/h1,3-4,6-9,11-12H,2,5,10H2,(H,23,24)/b17-12-. The Morgan fingerprint density at radius 2 is 1.96 bits per heavy atom. The molecule has 0 bridgehead atoms. The smallest absolute Gasteiger partial charge is 0.303 e. The van der Waals surface area contributed by atoms with Gasteiger partial charge in [0.2, 0.25) is 0 Å². The number of carboxylic acids is 1. The molecule has 144 valence electrons. The van der Waals surface area contributed by atoms with Gasteiger partial charge in [-0.25, -0.2) is 0 Å². The van der Waals surface area contributed by atoms with E-state index in [-0.39, 0.29) is 12.3 Å². The molecule has 1 saturated heterocycles. The number of halogens is 1. The average Bonchev–Trinajstić information content (AvgIpc) is 2.91. The summed E-state index contributed by atoms with van der Waals surface area (Å²) in [6.07, 6.45) is 2.12. The Morgan fingerprint density at radius 3 is 2.68 bits per heavy atom. The van der Waals surface area contributed by atoms with E-state index in [2.05, 4.69) is 0 Å². The molecule has 2 aromatic rings. The summed E-state index contributed by atoms with van der Waals surface area (Å²) in [5.41, 5.74) is 0.803. The van der Waals surface area contributed by atoms with Crippen molar-refractivity contribution in [2.75, 3.05) is 6.54 Å². The van der Waals surface area contributed by atoms with Gasteiger partial charge in [-0.15, -0.1) is 0 Å². The van der Waals surface area contributed by atoms with Crippen LogP contribution in [0.3, 0.4) is 0 Å². The molecule has 1 N–H and O–H groups in total. The summed E-state index contributed by atoms with van der Waals surface area (Å²) in [6, 6.07) is 14.4. The number of amides is 1. The van der Waals surface area contributed by atoms with E-state index in [1.807, 2.05) is 24.3 Å². The van der Waals surface area contributed by atoms with Crippen LogP contribution < -0.4 is 4.74 Å². The van der Waals surface area contributed by atoms with Crippen molar-refractivity contribution in [3.05, 3.63) is 64.0 Å². The van der Waals surface area contributed by atoms with Gasteiger partial charge in [-0.1, -0.05) is 47.7 Å². The molecule has 1 heterocycles. The lowest BCUT2D eigenvalue weighted by Crippen LogP contribution is -2.29. The number of hydrogen-bond donors (Lipinski definition) is 1. The van der Waals surface area contributed by atoms with Gasteiger partial charge < -0.3 is 9.84 Å². The second-order valence-corrected chi connectivity index (χ2v) is 8.07. The van der Waals surface area contributed by atoms with E-state index < -0.39 is 5.97 Å². The van der Waals surface area contributed by atoms with Crippen LogP contribution in [-0.2, 0) is 9.59 Å². The molecule has 0 saturated carbocycles. The number of carboxylic acid groups (broad SMARTS) is 1. The van der Waals surface area contributed by atoms with Gasteiger partial charge in [0.15, 0.2) is 0 Å². The van der Waals surface area contributed by atoms with Gasteiger partial charge in [-0.3, -0.25) is 14.5 Å². The van der Waals surface area contributed by atoms with Crippen molar-refractivity contribution in [2.24, 2.45) is 0 Å². The second-order valence-electron chi connectivity index (χ2n) is 5.96. The molecular formula is C20H16ClNO4S2. The molecule has 2 aromatic carbocycles. The molecule has 0 unspecified atom stereocenters. The highest BCUT2D eigenvalue weighted by molar-refractivity contribution is 8.26. The van der Waals surface area contributed by atoms with Crippen LogP contribution in [0.4, 0.5) is 0 Å². The lowest BCUT2D eigenvalue weighted by Gasteiger charge is -2.13. The van der Waals surface area contributed by atoms with Crippen LogP contribution in [0.15, 0.2) is 53.4 Å². The van der Waals surface area contributed by atoms with E-state index >= 15 is 0 Å². The number of carbonyl (C=O) groups is 2. The number of nitrogens with zero attached hydrogens (tertiary/aromatic N) is 1. The molecule has 0 aromatic heterocycles. The minimum atomic E-state index is -0.890. The summed E-state index contributed by atoms with van der Waals surface area (Å²) in [5.74, 6) is 0.196. The van der Waals surface area contributed by atoms with Gasteiger partial charge in [0.05, 0.1) is 4.91 Å². The molecule has 5 nitrogen and oxygen atoms in total. The van der Waals surface area contributed by atoms with Crippen molar-refractivity contribution in [1.82, 2.24) is 4.90 Å². The van der Waals surface area contributed by atoms with Gasteiger partial charge in [0, 0.05) is 18.0 Å². The highest BCUT2D eigenvalue weighted by Gasteiger charge is 2.31. The Labute approximate surface area is 176 Å². The maximum absolute atomic E-state index is 12.6. The molecule has 0 radical (unpaired) electrons. The van der Waals surface area contributed by atoms with Gasteiger partial charge >= 0.3 is 5.97 Å². The maximum Gasteiger partial charge on any atom is 0.303 e. The van der Waals surface area contributed by atoms with Crippen LogP contribution in [0.2, 0.25) is 5.02 Å². The summed E-state index contributed by atoms with van der Waals surface area (Å²) in [5, 5.41) is 9.37. The van der Waals surface area contributed by atoms with E-state index in [4.69, 9.17) is 33.7 Å². The minimum absolute atomic E-state index is 0.000188. The lowest BCUT2D eigenvalue weighted by molar-refractivity contribution is -0.137. The normalized spacial score (nSPS) is 15.3. The topological polar surface area (TPSA) is 66.8 Å². The Kier molecular flexibility index (Phi) is 6.72. The van der Waals surface area contributed by atoms with Crippen molar-refractivity contribution < 1.29 is 19.4 Å². The number of ether oxygens (including phenoxy) is 1. The van der Waals surface area contributed by atoms with Crippen LogP contribution in [0.5, 0.6) is 11.5 Å². The van der Waals surface area contributed by atoms with E-state index in [1.165, 1.54) is 16.7 Å². The van der Waals surface area contributed by atoms with Crippen LogP contribution >= 0.6 is 35.6 Å². The number of carbonyl (C=O) groups excluding carboxylic acids is 1. The molecule has 1 fully saturated rings. The number of hydrogen-bond acceptors (Lipinski definition) is 5. The van der Waals surface area contributed by atoms with Crippen molar-refractivity contribution >= 4 is 57.9 Å². The summed E-state index contributed by atoms with van der Waals surface area (Å²) in [6.45, 7) is 0.300. The lowest BCUT2D eigenvalue weighted by atomic mass is 10.2. The molecule has 1 aliphatic heterocycles. The molecule has 0 spiro atoms. The Morgan fingerprint density at radius 1 is 1.21 bits per heavy atom. The fourth-order valence-electron chi connectivity index (χ4n) is 2.54. The van der Waals surface area contributed by atoms with Gasteiger partial charge in [-0.05, 0) is 54.5 Å². The Hall–Kier alpha value is -2.35. The molecular weight excluding hydrogens is 418 g/mol. The van der Waals surface area contributed by atoms with Crippen LogP contribution in [-0.4, -0.2) is 32.7 Å². The fraction of sp³-hybridized carbons (Fsp3) is 0.150. The van der Waals surface area contributed by atoms with Crippen molar-refractivity contribution in [3.8, 4) is 11.5 Å². The maximum atomic E-state index is 12.6. The zero-order valence-electron chi connectivity index (χ0n) is 14.6. The van der Waals surface area contributed by atoms with E-state index in [0.717, 1.165) is 5.56 Å². The van der Waals surface area contributed by atoms with Gasteiger partial charge in [0.1, 0.15) is 15.8 Å². The zero-order chi connectivity index (χ0) is 20.1. The largest absolute Gasteiger partial charge is 0.481 e. The van der Waals surface area contributed by atoms with Crippen molar-refractivity contribution in [1.29, 1.82) is 0 Å². The number of benzene rings is 2. The SMILES string of the molecule is O=C(O)CCCN1C(=O)/C(=C/c2cccc(Oc3ccc(Cl)cc3)c2)SC1=S. The van der Waals surface area contributed by atoms with Crippen LogP contribution in [0, 0.1) is 0 Å². The first-order chi connectivity index (χ1) is 13.4. The molecule has 1 amide bonds. The van der Waals surface area contributed by atoms with E-state index in [0.29, 0.717) is 38.7 Å². The van der Waals surface area contributed by atoms with Crippen LogP contribution in [0.1, 0.15) is 18.4 Å².